The smallest absolute Gasteiger partial charge is 0.311 e. The second-order valence-corrected chi connectivity index (χ2v) is 5.18. The summed E-state index contributed by atoms with van der Waals surface area (Å²) in [5.74, 6) is 0.483. The SMILES string of the molecule is CC(C)CCOCCOC(=O)C(C)(C)C. The van der Waals surface area contributed by atoms with Crippen LogP contribution in [0, 0.1) is 11.3 Å². The fraction of sp³-hybridized carbons (Fsp3) is 0.917. The van der Waals surface area contributed by atoms with Gasteiger partial charge in [-0.2, -0.15) is 0 Å². The minimum absolute atomic E-state index is 0.171. The second-order valence-electron chi connectivity index (χ2n) is 5.18. The molecule has 0 aromatic heterocycles. The summed E-state index contributed by atoms with van der Waals surface area (Å²) in [5.41, 5.74) is -0.419. The molecule has 0 aliphatic rings. The monoisotopic (exact) mass is 216 g/mol. The fourth-order valence-electron chi connectivity index (χ4n) is 0.831. The van der Waals surface area contributed by atoms with E-state index in [4.69, 9.17) is 9.47 Å². The lowest BCUT2D eigenvalue weighted by molar-refractivity contribution is -0.154. The lowest BCUT2D eigenvalue weighted by atomic mass is 9.97. The average Bonchev–Trinajstić information content (AvgIpc) is 2.08. The fourth-order valence-corrected chi connectivity index (χ4v) is 0.831. The van der Waals surface area contributed by atoms with E-state index in [1.807, 2.05) is 20.8 Å². The summed E-state index contributed by atoms with van der Waals surface area (Å²) < 4.78 is 10.4. The minimum atomic E-state index is -0.419. The first-order valence-corrected chi connectivity index (χ1v) is 5.59. The van der Waals surface area contributed by atoms with Crippen molar-refractivity contribution in [1.82, 2.24) is 0 Å². The maximum Gasteiger partial charge on any atom is 0.311 e. The van der Waals surface area contributed by atoms with E-state index in [2.05, 4.69) is 13.8 Å². The topological polar surface area (TPSA) is 35.5 Å². The van der Waals surface area contributed by atoms with Gasteiger partial charge in [0.15, 0.2) is 0 Å². The molecule has 0 bridgehead atoms. The Kier molecular flexibility index (Phi) is 6.57. The van der Waals surface area contributed by atoms with Crippen LogP contribution in [0.4, 0.5) is 0 Å². The molecule has 0 saturated heterocycles. The Balaban J connectivity index is 3.36. The van der Waals surface area contributed by atoms with Gasteiger partial charge in [-0.3, -0.25) is 4.79 Å². The van der Waals surface area contributed by atoms with Gasteiger partial charge in [-0.25, -0.2) is 0 Å². The summed E-state index contributed by atoms with van der Waals surface area (Å²) in [7, 11) is 0. The van der Waals surface area contributed by atoms with Crippen LogP contribution in [-0.4, -0.2) is 25.8 Å². The van der Waals surface area contributed by atoms with Crippen molar-refractivity contribution in [2.75, 3.05) is 19.8 Å². The first-order chi connectivity index (χ1) is 6.84. The van der Waals surface area contributed by atoms with Gasteiger partial charge >= 0.3 is 5.97 Å². The molecule has 0 radical (unpaired) electrons. The van der Waals surface area contributed by atoms with E-state index in [0.29, 0.717) is 19.1 Å². The predicted octanol–water partition coefficient (Wildman–Crippen LogP) is 2.64. The van der Waals surface area contributed by atoms with E-state index < -0.39 is 5.41 Å². The normalized spacial score (nSPS) is 11.9. The first kappa shape index (κ1) is 14.4. The number of rotatable bonds is 6. The largest absolute Gasteiger partial charge is 0.463 e. The van der Waals surface area contributed by atoms with Crippen LogP contribution in [0.15, 0.2) is 0 Å². The number of hydrogen-bond donors (Lipinski definition) is 0. The van der Waals surface area contributed by atoms with E-state index in [1.54, 1.807) is 0 Å². The number of carbonyl (C=O) groups excluding carboxylic acids is 1. The molecule has 0 aliphatic heterocycles. The summed E-state index contributed by atoms with van der Waals surface area (Å²) >= 11 is 0. The summed E-state index contributed by atoms with van der Waals surface area (Å²) in [6, 6.07) is 0. The summed E-state index contributed by atoms with van der Waals surface area (Å²) in [6.45, 7) is 11.4. The van der Waals surface area contributed by atoms with E-state index in [0.717, 1.165) is 13.0 Å². The molecule has 0 aliphatic carbocycles. The Morgan fingerprint density at radius 3 is 2.20 bits per heavy atom. The zero-order chi connectivity index (χ0) is 11.9. The van der Waals surface area contributed by atoms with Crippen molar-refractivity contribution in [2.45, 2.75) is 41.0 Å². The molecule has 0 saturated carbocycles. The quantitative estimate of drug-likeness (QED) is 0.506. The third kappa shape index (κ3) is 8.43. The highest BCUT2D eigenvalue weighted by atomic mass is 16.6. The Morgan fingerprint density at radius 1 is 1.13 bits per heavy atom. The van der Waals surface area contributed by atoms with Crippen LogP contribution in [0.1, 0.15) is 41.0 Å². The van der Waals surface area contributed by atoms with E-state index >= 15 is 0 Å². The summed E-state index contributed by atoms with van der Waals surface area (Å²) in [4.78, 5) is 11.3. The Morgan fingerprint density at radius 2 is 1.73 bits per heavy atom. The molecule has 3 nitrogen and oxygen atoms in total. The van der Waals surface area contributed by atoms with Gasteiger partial charge in [0.1, 0.15) is 6.61 Å². The first-order valence-electron chi connectivity index (χ1n) is 5.59. The zero-order valence-electron chi connectivity index (χ0n) is 10.6. The van der Waals surface area contributed by atoms with Crippen molar-refractivity contribution in [1.29, 1.82) is 0 Å². The van der Waals surface area contributed by atoms with Crippen LogP contribution < -0.4 is 0 Å². The van der Waals surface area contributed by atoms with Crippen molar-refractivity contribution in [3.63, 3.8) is 0 Å². The molecule has 0 aromatic carbocycles. The van der Waals surface area contributed by atoms with Gasteiger partial charge in [0.25, 0.3) is 0 Å². The van der Waals surface area contributed by atoms with Crippen LogP contribution in [-0.2, 0) is 14.3 Å². The Bertz CT molecular complexity index is 180. The van der Waals surface area contributed by atoms with Gasteiger partial charge < -0.3 is 9.47 Å². The molecule has 0 rings (SSSR count). The molecule has 0 aromatic rings. The Labute approximate surface area is 93.1 Å². The summed E-state index contributed by atoms with van der Waals surface area (Å²) in [6.07, 6.45) is 1.05. The molecule has 15 heavy (non-hydrogen) atoms. The maximum atomic E-state index is 11.3. The van der Waals surface area contributed by atoms with Crippen molar-refractivity contribution >= 4 is 5.97 Å². The van der Waals surface area contributed by atoms with Crippen LogP contribution in [0.25, 0.3) is 0 Å². The molecule has 0 heterocycles. The molecule has 90 valence electrons. The van der Waals surface area contributed by atoms with Crippen molar-refractivity contribution in [3.05, 3.63) is 0 Å². The van der Waals surface area contributed by atoms with Crippen LogP contribution >= 0.6 is 0 Å². The van der Waals surface area contributed by atoms with E-state index in [9.17, 15) is 4.79 Å². The van der Waals surface area contributed by atoms with Crippen molar-refractivity contribution in [2.24, 2.45) is 11.3 Å². The lowest BCUT2D eigenvalue weighted by Crippen LogP contribution is -2.24. The predicted molar refractivity (Wildman–Crippen MR) is 60.7 cm³/mol. The molecule has 0 atom stereocenters. The molecular weight excluding hydrogens is 192 g/mol. The third-order valence-electron chi connectivity index (χ3n) is 1.91. The Hall–Kier alpha value is -0.570. The van der Waals surface area contributed by atoms with Crippen LogP contribution in [0.5, 0.6) is 0 Å². The number of hydrogen-bond acceptors (Lipinski definition) is 3. The average molecular weight is 216 g/mol. The molecule has 3 heteroatoms. The standard InChI is InChI=1S/C12H24O3/c1-10(2)6-7-14-8-9-15-11(13)12(3,4)5/h10H,6-9H2,1-5H3. The highest BCUT2D eigenvalue weighted by Crippen LogP contribution is 2.14. The van der Waals surface area contributed by atoms with Crippen molar-refractivity contribution < 1.29 is 14.3 Å². The highest BCUT2D eigenvalue weighted by Gasteiger charge is 2.22. The molecule has 0 spiro atoms. The van der Waals surface area contributed by atoms with Gasteiger partial charge in [0.05, 0.1) is 12.0 Å². The lowest BCUT2D eigenvalue weighted by Gasteiger charge is -2.16. The number of esters is 1. The summed E-state index contributed by atoms with van der Waals surface area (Å²) in [5, 5.41) is 0. The van der Waals surface area contributed by atoms with Gasteiger partial charge in [0, 0.05) is 6.61 Å². The van der Waals surface area contributed by atoms with Crippen LogP contribution in [0.2, 0.25) is 0 Å². The molecule has 0 fully saturated rings. The van der Waals surface area contributed by atoms with Gasteiger partial charge in [-0.15, -0.1) is 0 Å². The zero-order valence-corrected chi connectivity index (χ0v) is 10.6. The molecule has 0 amide bonds. The molecular formula is C12H24O3. The number of carbonyl (C=O) groups is 1. The van der Waals surface area contributed by atoms with E-state index in [1.165, 1.54) is 0 Å². The van der Waals surface area contributed by atoms with E-state index in [-0.39, 0.29) is 5.97 Å². The third-order valence-corrected chi connectivity index (χ3v) is 1.91. The van der Waals surface area contributed by atoms with Gasteiger partial charge in [-0.05, 0) is 33.1 Å². The molecule has 0 unspecified atom stereocenters. The molecule has 0 N–H and O–H groups in total. The maximum absolute atomic E-state index is 11.3. The highest BCUT2D eigenvalue weighted by molar-refractivity contribution is 5.75. The minimum Gasteiger partial charge on any atom is -0.463 e. The van der Waals surface area contributed by atoms with Gasteiger partial charge in [0.2, 0.25) is 0 Å². The van der Waals surface area contributed by atoms with Gasteiger partial charge in [-0.1, -0.05) is 13.8 Å². The number of ether oxygens (including phenoxy) is 2. The second kappa shape index (κ2) is 6.83. The van der Waals surface area contributed by atoms with Crippen molar-refractivity contribution in [3.8, 4) is 0 Å². The van der Waals surface area contributed by atoms with Crippen LogP contribution in [0.3, 0.4) is 0 Å².